The summed E-state index contributed by atoms with van der Waals surface area (Å²) in [5.41, 5.74) is 2.63. The highest BCUT2D eigenvalue weighted by Gasteiger charge is 2.36. The van der Waals surface area contributed by atoms with Crippen molar-refractivity contribution < 1.29 is 29.0 Å². The standard InChI is InChI=1S/C26H27N3O6S/c1-3-6-18-13-17(14-21(34-2)24(18)31)15-22-25(32)29(26(33)36-22)16-23(30)27-19-7-4-5-8-20(19)28-9-11-35-12-10-28/h3-5,7-8,13-15,31H,1,6,9-12,16H2,2H3,(H,27,30)/b22-15+. The number of ether oxygens (including phenoxy) is 2. The number of rotatable bonds is 8. The highest BCUT2D eigenvalue weighted by atomic mass is 32.2. The second-order valence-electron chi connectivity index (χ2n) is 8.16. The molecule has 2 N–H and O–H groups in total. The van der Waals surface area contributed by atoms with E-state index in [0.29, 0.717) is 49.5 Å². The number of allylic oxidation sites excluding steroid dienone is 1. The van der Waals surface area contributed by atoms with Crippen LogP contribution in [0.5, 0.6) is 11.5 Å². The summed E-state index contributed by atoms with van der Waals surface area (Å²) in [5, 5.41) is 12.6. The number of anilines is 2. The van der Waals surface area contributed by atoms with E-state index in [1.54, 1.807) is 30.4 Å². The minimum absolute atomic E-state index is 0.00307. The maximum absolute atomic E-state index is 13.0. The van der Waals surface area contributed by atoms with Crippen LogP contribution >= 0.6 is 11.8 Å². The van der Waals surface area contributed by atoms with Crippen LogP contribution in [0.15, 0.2) is 54.0 Å². The van der Waals surface area contributed by atoms with E-state index in [2.05, 4.69) is 16.8 Å². The van der Waals surface area contributed by atoms with E-state index in [1.165, 1.54) is 7.11 Å². The van der Waals surface area contributed by atoms with Gasteiger partial charge < -0.3 is 24.8 Å². The summed E-state index contributed by atoms with van der Waals surface area (Å²) in [6.07, 6.45) is 3.59. The number of morpholine rings is 1. The number of carbonyl (C=O) groups excluding carboxylic acids is 3. The maximum Gasteiger partial charge on any atom is 0.294 e. The van der Waals surface area contributed by atoms with Gasteiger partial charge in [-0.05, 0) is 54.1 Å². The molecule has 9 nitrogen and oxygen atoms in total. The molecule has 2 aliphatic heterocycles. The van der Waals surface area contributed by atoms with Gasteiger partial charge in [0.1, 0.15) is 6.54 Å². The third-order valence-corrected chi connectivity index (χ3v) is 6.67. The molecule has 0 unspecified atom stereocenters. The van der Waals surface area contributed by atoms with E-state index >= 15 is 0 Å². The van der Waals surface area contributed by atoms with Crippen molar-refractivity contribution in [1.82, 2.24) is 4.90 Å². The van der Waals surface area contributed by atoms with Gasteiger partial charge >= 0.3 is 0 Å². The van der Waals surface area contributed by atoms with Crippen LogP contribution < -0.4 is 15.0 Å². The molecule has 0 atom stereocenters. The van der Waals surface area contributed by atoms with Gasteiger partial charge in [-0.3, -0.25) is 19.3 Å². The van der Waals surface area contributed by atoms with Crippen LogP contribution in [-0.4, -0.2) is 67.0 Å². The van der Waals surface area contributed by atoms with Crippen LogP contribution in [0.25, 0.3) is 6.08 Å². The largest absolute Gasteiger partial charge is 0.504 e. The van der Waals surface area contributed by atoms with Crippen molar-refractivity contribution in [2.24, 2.45) is 0 Å². The molecule has 3 amide bonds. The molecule has 36 heavy (non-hydrogen) atoms. The first-order chi connectivity index (χ1) is 17.4. The molecule has 2 aromatic carbocycles. The van der Waals surface area contributed by atoms with E-state index in [1.807, 2.05) is 18.2 Å². The predicted octanol–water partition coefficient (Wildman–Crippen LogP) is 3.64. The van der Waals surface area contributed by atoms with Crippen molar-refractivity contribution in [1.29, 1.82) is 0 Å². The summed E-state index contributed by atoms with van der Waals surface area (Å²) in [7, 11) is 1.43. The van der Waals surface area contributed by atoms with Crippen molar-refractivity contribution >= 4 is 46.3 Å². The van der Waals surface area contributed by atoms with E-state index in [-0.39, 0.29) is 16.4 Å². The molecule has 2 aliphatic rings. The Morgan fingerprint density at radius 1 is 1.25 bits per heavy atom. The Morgan fingerprint density at radius 3 is 2.72 bits per heavy atom. The molecule has 4 rings (SSSR count). The minimum Gasteiger partial charge on any atom is -0.504 e. The summed E-state index contributed by atoms with van der Waals surface area (Å²) in [6.45, 7) is 5.90. The number of phenolic OH excluding ortho intramolecular Hbond substituents is 1. The molecule has 188 valence electrons. The number of nitrogens with zero attached hydrogens (tertiary/aromatic N) is 2. The van der Waals surface area contributed by atoms with Gasteiger partial charge in [0.2, 0.25) is 5.91 Å². The molecule has 0 radical (unpaired) electrons. The van der Waals surface area contributed by atoms with E-state index in [4.69, 9.17) is 9.47 Å². The Hall–Kier alpha value is -3.76. The predicted molar refractivity (Wildman–Crippen MR) is 139 cm³/mol. The first-order valence-corrected chi connectivity index (χ1v) is 12.2. The van der Waals surface area contributed by atoms with Crippen LogP contribution in [0.3, 0.4) is 0 Å². The molecule has 2 aromatic rings. The lowest BCUT2D eigenvalue weighted by atomic mass is 10.1. The molecule has 0 aliphatic carbocycles. The Morgan fingerprint density at radius 2 is 2.00 bits per heavy atom. The lowest BCUT2D eigenvalue weighted by Gasteiger charge is -2.30. The van der Waals surface area contributed by atoms with Gasteiger partial charge in [-0.2, -0.15) is 0 Å². The highest BCUT2D eigenvalue weighted by Crippen LogP contribution is 2.36. The molecular weight excluding hydrogens is 482 g/mol. The van der Waals surface area contributed by atoms with Gasteiger partial charge in [0.05, 0.1) is 36.6 Å². The Bertz CT molecular complexity index is 1220. The summed E-state index contributed by atoms with van der Waals surface area (Å²) in [5.74, 6) is -0.785. The number of amides is 3. The van der Waals surface area contributed by atoms with Crippen molar-refractivity contribution in [2.45, 2.75) is 6.42 Å². The number of hydrogen-bond donors (Lipinski definition) is 2. The molecule has 0 spiro atoms. The number of nitrogens with one attached hydrogen (secondary N) is 1. The van der Waals surface area contributed by atoms with E-state index < -0.39 is 23.6 Å². The van der Waals surface area contributed by atoms with Gasteiger partial charge in [-0.15, -0.1) is 6.58 Å². The SMILES string of the molecule is C=CCc1cc(/C=C2/SC(=O)N(CC(=O)Nc3ccccc3N3CCOCC3)C2=O)cc(OC)c1O. The first-order valence-electron chi connectivity index (χ1n) is 11.4. The minimum atomic E-state index is -0.557. The van der Waals surface area contributed by atoms with Crippen molar-refractivity contribution in [3.05, 3.63) is 65.1 Å². The lowest BCUT2D eigenvalue weighted by Crippen LogP contribution is -2.38. The second-order valence-corrected chi connectivity index (χ2v) is 9.15. The molecule has 2 saturated heterocycles. The van der Waals surface area contributed by atoms with Crippen LogP contribution in [0.2, 0.25) is 0 Å². The van der Waals surface area contributed by atoms with Gasteiger partial charge in [0, 0.05) is 18.7 Å². The van der Waals surface area contributed by atoms with Crippen molar-refractivity contribution in [3.63, 3.8) is 0 Å². The monoisotopic (exact) mass is 509 g/mol. The molecule has 0 bridgehead atoms. The number of thioether (sulfide) groups is 1. The maximum atomic E-state index is 13.0. The smallest absolute Gasteiger partial charge is 0.294 e. The summed E-state index contributed by atoms with van der Waals surface area (Å²) >= 11 is 0.761. The van der Waals surface area contributed by atoms with E-state index in [9.17, 15) is 19.5 Å². The van der Waals surface area contributed by atoms with Crippen LogP contribution in [0.1, 0.15) is 11.1 Å². The number of imide groups is 1. The van der Waals surface area contributed by atoms with Crippen molar-refractivity contribution in [3.8, 4) is 11.5 Å². The fourth-order valence-corrected chi connectivity index (χ4v) is 4.86. The lowest BCUT2D eigenvalue weighted by molar-refractivity contribution is -0.127. The average molecular weight is 510 g/mol. The molecule has 10 heteroatoms. The zero-order valence-electron chi connectivity index (χ0n) is 19.9. The number of phenols is 1. The normalized spacial score (nSPS) is 17.0. The molecule has 0 saturated carbocycles. The highest BCUT2D eigenvalue weighted by molar-refractivity contribution is 8.18. The van der Waals surface area contributed by atoms with Crippen molar-refractivity contribution in [2.75, 3.05) is 50.2 Å². The summed E-state index contributed by atoms with van der Waals surface area (Å²) < 4.78 is 10.6. The van der Waals surface area contributed by atoms with Gasteiger partial charge in [0.25, 0.3) is 11.1 Å². The number of benzene rings is 2. The van der Waals surface area contributed by atoms with Crippen LogP contribution in [0, 0.1) is 0 Å². The number of aromatic hydroxyl groups is 1. The molecule has 2 fully saturated rings. The third-order valence-electron chi connectivity index (χ3n) is 5.76. The fourth-order valence-electron chi connectivity index (χ4n) is 4.02. The molecule has 2 heterocycles. The van der Waals surface area contributed by atoms with Gasteiger partial charge in [-0.25, -0.2) is 0 Å². The van der Waals surface area contributed by atoms with Crippen LogP contribution in [-0.2, 0) is 20.7 Å². The Kier molecular flexibility index (Phi) is 7.97. The topological polar surface area (TPSA) is 108 Å². The Labute approximate surface area is 213 Å². The summed E-state index contributed by atoms with van der Waals surface area (Å²) in [4.78, 5) is 41.6. The van der Waals surface area contributed by atoms with Gasteiger partial charge in [0.15, 0.2) is 11.5 Å². The first kappa shape index (κ1) is 25.3. The quantitative estimate of drug-likeness (QED) is 0.410. The number of para-hydroxylation sites is 2. The van der Waals surface area contributed by atoms with E-state index in [0.717, 1.165) is 22.3 Å². The molecular formula is C26H27N3O6S. The van der Waals surface area contributed by atoms with Crippen LogP contribution in [0.4, 0.5) is 16.2 Å². The fraction of sp³-hybridized carbons (Fsp3) is 0.269. The zero-order valence-corrected chi connectivity index (χ0v) is 20.7. The number of carbonyl (C=O) groups is 3. The zero-order chi connectivity index (χ0) is 25.7. The average Bonchev–Trinajstić information content (AvgIpc) is 3.14. The van der Waals surface area contributed by atoms with Gasteiger partial charge in [-0.1, -0.05) is 18.2 Å². The third kappa shape index (κ3) is 5.55. The second kappa shape index (κ2) is 11.3. The number of hydrogen-bond acceptors (Lipinski definition) is 8. The summed E-state index contributed by atoms with van der Waals surface area (Å²) in [6, 6.07) is 10.7. The molecule has 0 aromatic heterocycles. The number of methoxy groups -OCH3 is 1. The Balaban J connectivity index is 1.48.